The maximum absolute atomic E-state index is 12.8. The lowest BCUT2D eigenvalue weighted by Crippen LogP contribution is -2.29. The van der Waals surface area contributed by atoms with Crippen molar-refractivity contribution in [3.8, 4) is 22.7 Å². The zero-order valence-electron chi connectivity index (χ0n) is 16.5. The summed E-state index contributed by atoms with van der Waals surface area (Å²) in [6.07, 6.45) is 2.48. The molecule has 0 saturated carbocycles. The number of rotatable bonds is 7. The van der Waals surface area contributed by atoms with Gasteiger partial charge in [0.05, 0.1) is 18.4 Å². The Morgan fingerprint density at radius 3 is 2.68 bits per heavy atom. The first-order valence-electron chi connectivity index (χ1n) is 9.33. The fourth-order valence-corrected chi connectivity index (χ4v) is 2.86. The summed E-state index contributed by atoms with van der Waals surface area (Å²) in [4.78, 5) is 12.8. The zero-order valence-corrected chi connectivity index (χ0v) is 16.5. The Labute approximate surface area is 165 Å². The number of nitrogens with two attached hydrogens (primary N) is 1. The van der Waals surface area contributed by atoms with Crippen molar-refractivity contribution >= 4 is 5.91 Å². The first-order chi connectivity index (χ1) is 13.5. The van der Waals surface area contributed by atoms with Gasteiger partial charge in [-0.05, 0) is 44.5 Å². The zero-order chi connectivity index (χ0) is 20.1. The van der Waals surface area contributed by atoms with E-state index in [4.69, 9.17) is 15.6 Å². The van der Waals surface area contributed by atoms with Gasteiger partial charge in [-0.25, -0.2) is 4.68 Å². The number of carbonyl (C=O) groups is 1. The van der Waals surface area contributed by atoms with E-state index in [0.717, 1.165) is 16.8 Å². The third kappa shape index (κ3) is 4.58. The van der Waals surface area contributed by atoms with E-state index in [9.17, 15) is 4.79 Å². The highest BCUT2D eigenvalue weighted by atomic mass is 16.5. The Morgan fingerprint density at radius 2 is 2.00 bits per heavy atom. The quantitative estimate of drug-likeness (QED) is 0.661. The van der Waals surface area contributed by atoms with Crippen molar-refractivity contribution in [3.63, 3.8) is 0 Å². The van der Waals surface area contributed by atoms with Crippen molar-refractivity contribution in [3.05, 3.63) is 65.9 Å². The van der Waals surface area contributed by atoms with E-state index in [1.807, 2.05) is 62.4 Å². The number of carbonyl (C=O) groups excluding carboxylic acids is 1. The molecule has 1 aromatic heterocycles. The standard InChI is InChI=1S/C22H26N4O2/c1-15-7-9-18(10-8-15)26-14-20(22(27)24-12-11-16(2)23)21(25-26)17-5-4-6-19(13-17)28-3/h4-10,13-14,16H,11-12,23H2,1-3H3,(H,24,27). The molecule has 0 fully saturated rings. The number of aryl methyl sites for hydroxylation is 1. The van der Waals surface area contributed by atoms with Gasteiger partial charge in [-0.3, -0.25) is 4.79 Å². The van der Waals surface area contributed by atoms with Crippen LogP contribution >= 0.6 is 0 Å². The number of hydrogen-bond acceptors (Lipinski definition) is 4. The van der Waals surface area contributed by atoms with Gasteiger partial charge in [0.25, 0.3) is 5.91 Å². The first kappa shape index (κ1) is 19.6. The lowest BCUT2D eigenvalue weighted by molar-refractivity contribution is 0.0953. The molecule has 0 aliphatic carbocycles. The van der Waals surface area contributed by atoms with Gasteiger partial charge in [0, 0.05) is 24.3 Å². The van der Waals surface area contributed by atoms with Crippen molar-refractivity contribution in [2.24, 2.45) is 5.73 Å². The second kappa shape index (κ2) is 8.71. The third-order valence-electron chi connectivity index (χ3n) is 4.49. The van der Waals surface area contributed by atoms with Crippen LogP contribution in [0.1, 0.15) is 29.3 Å². The van der Waals surface area contributed by atoms with E-state index in [2.05, 4.69) is 5.32 Å². The van der Waals surface area contributed by atoms with Crippen LogP contribution in [-0.2, 0) is 0 Å². The number of nitrogens with zero attached hydrogens (tertiary/aromatic N) is 2. The van der Waals surface area contributed by atoms with Crippen LogP contribution < -0.4 is 15.8 Å². The van der Waals surface area contributed by atoms with E-state index >= 15 is 0 Å². The smallest absolute Gasteiger partial charge is 0.255 e. The highest BCUT2D eigenvalue weighted by Crippen LogP contribution is 2.27. The minimum Gasteiger partial charge on any atom is -0.497 e. The Balaban J connectivity index is 1.99. The maximum Gasteiger partial charge on any atom is 0.255 e. The molecular weight excluding hydrogens is 352 g/mol. The summed E-state index contributed by atoms with van der Waals surface area (Å²) in [6.45, 7) is 4.47. The van der Waals surface area contributed by atoms with Crippen molar-refractivity contribution in [1.29, 1.82) is 0 Å². The number of benzene rings is 2. The fourth-order valence-electron chi connectivity index (χ4n) is 2.86. The largest absolute Gasteiger partial charge is 0.497 e. The molecule has 1 unspecified atom stereocenters. The number of aromatic nitrogens is 2. The third-order valence-corrected chi connectivity index (χ3v) is 4.49. The van der Waals surface area contributed by atoms with Gasteiger partial charge in [0.1, 0.15) is 11.4 Å². The van der Waals surface area contributed by atoms with Gasteiger partial charge in [-0.1, -0.05) is 29.8 Å². The maximum atomic E-state index is 12.8. The number of amides is 1. The summed E-state index contributed by atoms with van der Waals surface area (Å²) in [6, 6.07) is 15.6. The second-order valence-electron chi connectivity index (χ2n) is 6.93. The molecule has 0 spiro atoms. The normalized spacial score (nSPS) is 11.9. The Bertz CT molecular complexity index is 945. The predicted molar refractivity (Wildman–Crippen MR) is 111 cm³/mol. The molecule has 1 atom stereocenters. The molecule has 6 heteroatoms. The SMILES string of the molecule is COc1cccc(-c2nn(-c3ccc(C)cc3)cc2C(=O)NCCC(C)N)c1. The topological polar surface area (TPSA) is 82.2 Å². The molecule has 2 aromatic carbocycles. The molecule has 3 rings (SSSR count). The molecule has 0 aliphatic rings. The van der Waals surface area contributed by atoms with Crippen molar-refractivity contribution in [2.45, 2.75) is 26.3 Å². The highest BCUT2D eigenvalue weighted by Gasteiger charge is 2.19. The highest BCUT2D eigenvalue weighted by molar-refractivity contribution is 6.00. The second-order valence-corrected chi connectivity index (χ2v) is 6.93. The van der Waals surface area contributed by atoms with Crippen LogP contribution in [0.5, 0.6) is 5.75 Å². The van der Waals surface area contributed by atoms with Gasteiger partial charge in [0.2, 0.25) is 0 Å². The number of ether oxygens (including phenoxy) is 1. The van der Waals surface area contributed by atoms with Crippen LogP contribution in [0.25, 0.3) is 16.9 Å². The fraction of sp³-hybridized carbons (Fsp3) is 0.273. The molecule has 0 saturated heterocycles. The van der Waals surface area contributed by atoms with E-state index in [1.165, 1.54) is 0 Å². The van der Waals surface area contributed by atoms with Crippen LogP contribution in [0.4, 0.5) is 0 Å². The number of nitrogens with one attached hydrogen (secondary N) is 1. The van der Waals surface area contributed by atoms with E-state index in [-0.39, 0.29) is 11.9 Å². The van der Waals surface area contributed by atoms with Gasteiger partial charge >= 0.3 is 0 Å². The molecule has 146 valence electrons. The van der Waals surface area contributed by atoms with Gasteiger partial charge in [-0.15, -0.1) is 0 Å². The van der Waals surface area contributed by atoms with Crippen molar-refractivity contribution < 1.29 is 9.53 Å². The minimum absolute atomic E-state index is 0.0356. The molecule has 1 amide bonds. The predicted octanol–water partition coefficient (Wildman–Crippen LogP) is 3.32. The Hall–Kier alpha value is -3.12. The molecule has 28 heavy (non-hydrogen) atoms. The lowest BCUT2D eigenvalue weighted by Gasteiger charge is -2.08. The van der Waals surface area contributed by atoms with Gasteiger partial charge < -0.3 is 15.8 Å². The summed E-state index contributed by atoms with van der Waals surface area (Å²) in [7, 11) is 1.62. The van der Waals surface area contributed by atoms with E-state index < -0.39 is 0 Å². The number of methoxy groups -OCH3 is 1. The lowest BCUT2D eigenvalue weighted by atomic mass is 10.1. The van der Waals surface area contributed by atoms with Crippen LogP contribution in [-0.4, -0.2) is 35.4 Å². The molecule has 0 radical (unpaired) electrons. The van der Waals surface area contributed by atoms with Crippen LogP contribution in [0.2, 0.25) is 0 Å². The molecule has 6 nitrogen and oxygen atoms in total. The molecule has 0 bridgehead atoms. The van der Waals surface area contributed by atoms with Crippen LogP contribution in [0.15, 0.2) is 54.7 Å². The molecule has 3 aromatic rings. The summed E-state index contributed by atoms with van der Waals surface area (Å²) >= 11 is 0. The monoisotopic (exact) mass is 378 g/mol. The summed E-state index contributed by atoms with van der Waals surface area (Å²) < 4.78 is 7.05. The van der Waals surface area contributed by atoms with Crippen molar-refractivity contribution in [2.75, 3.05) is 13.7 Å². The average molecular weight is 378 g/mol. The Morgan fingerprint density at radius 1 is 1.25 bits per heavy atom. The van der Waals surface area contributed by atoms with E-state index in [0.29, 0.717) is 30.0 Å². The van der Waals surface area contributed by atoms with Gasteiger partial charge in [0.15, 0.2) is 0 Å². The average Bonchev–Trinajstić information content (AvgIpc) is 3.14. The van der Waals surface area contributed by atoms with Crippen LogP contribution in [0.3, 0.4) is 0 Å². The molecule has 3 N–H and O–H groups in total. The Kier molecular flexibility index (Phi) is 6.11. The van der Waals surface area contributed by atoms with E-state index in [1.54, 1.807) is 18.0 Å². The summed E-state index contributed by atoms with van der Waals surface area (Å²) in [5, 5.41) is 7.64. The van der Waals surface area contributed by atoms with Crippen molar-refractivity contribution in [1.82, 2.24) is 15.1 Å². The van der Waals surface area contributed by atoms with Gasteiger partial charge in [-0.2, -0.15) is 5.10 Å². The minimum atomic E-state index is -0.170. The summed E-state index contributed by atoms with van der Waals surface area (Å²) in [5.41, 5.74) is 9.78. The number of hydrogen-bond donors (Lipinski definition) is 2. The summed E-state index contributed by atoms with van der Waals surface area (Å²) in [5.74, 6) is 0.544. The van der Waals surface area contributed by atoms with Crippen LogP contribution in [0, 0.1) is 6.92 Å². The molecule has 0 aliphatic heterocycles. The molecular formula is C22H26N4O2. The first-order valence-corrected chi connectivity index (χ1v) is 9.33. The molecule has 1 heterocycles.